The Balaban J connectivity index is 2.21. The van der Waals surface area contributed by atoms with Crippen LogP contribution in [0.25, 0.3) is 5.69 Å². The molecule has 1 heterocycles. The zero-order valence-corrected chi connectivity index (χ0v) is 12.2. The Kier molecular flexibility index (Phi) is 4.57. The van der Waals surface area contributed by atoms with Crippen LogP contribution < -0.4 is 10.1 Å². The first-order valence-electron chi connectivity index (χ1n) is 5.96. The van der Waals surface area contributed by atoms with Gasteiger partial charge in [-0.1, -0.05) is 11.8 Å². The maximum Gasteiger partial charge on any atom is 0.233 e. The van der Waals surface area contributed by atoms with Crippen LogP contribution in [0.4, 0.5) is 0 Å². The molecule has 8 heteroatoms. The molecule has 1 aromatic carbocycles. The van der Waals surface area contributed by atoms with Crippen molar-refractivity contribution >= 4 is 17.7 Å². The van der Waals surface area contributed by atoms with Crippen LogP contribution in [0.2, 0.25) is 0 Å². The van der Waals surface area contributed by atoms with E-state index in [0.717, 1.165) is 11.4 Å². The van der Waals surface area contributed by atoms with Gasteiger partial charge in [-0.05, 0) is 41.6 Å². The van der Waals surface area contributed by atoms with Crippen LogP contribution in [0.1, 0.15) is 6.92 Å². The highest BCUT2D eigenvalue weighted by atomic mass is 32.2. The molecule has 1 aromatic heterocycles. The van der Waals surface area contributed by atoms with Gasteiger partial charge in [-0.25, -0.2) is 0 Å². The minimum absolute atomic E-state index is 0.0701. The van der Waals surface area contributed by atoms with E-state index in [0.29, 0.717) is 5.16 Å². The Morgan fingerprint density at radius 3 is 2.70 bits per heavy atom. The molecule has 0 radical (unpaired) electrons. The molecule has 0 aliphatic carbocycles. The van der Waals surface area contributed by atoms with Crippen molar-refractivity contribution < 1.29 is 9.53 Å². The van der Waals surface area contributed by atoms with Crippen molar-refractivity contribution in [3.8, 4) is 11.4 Å². The monoisotopic (exact) mass is 293 g/mol. The lowest BCUT2D eigenvalue weighted by atomic mass is 10.3. The van der Waals surface area contributed by atoms with Gasteiger partial charge in [0.05, 0.1) is 18.0 Å². The van der Waals surface area contributed by atoms with Crippen molar-refractivity contribution in [3.63, 3.8) is 0 Å². The van der Waals surface area contributed by atoms with Gasteiger partial charge in [0.2, 0.25) is 11.1 Å². The summed E-state index contributed by atoms with van der Waals surface area (Å²) in [6.45, 7) is 1.80. The molecule has 0 unspecified atom stereocenters. The maximum atomic E-state index is 11.5. The Labute approximate surface area is 120 Å². The van der Waals surface area contributed by atoms with Crippen molar-refractivity contribution in [2.24, 2.45) is 0 Å². The molecule has 0 bridgehead atoms. The predicted molar refractivity (Wildman–Crippen MR) is 75.1 cm³/mol. The standard InChI is InChI=1S/C12H15N5O2S/c1-8(11(18)13-2)20-12-14-15-16-17(12)9-4-6-10(19-3)7-5-9/h4-8H,1-3H3,(H,13,18)/t8-/m1/s1. The topological polar surface area (TPSA) is 81.9 Å². The van der Waals surface area contributed by atoms with Crippen LogP contribution in [0.3, 0.4) is 0 Å². The number of hydrogen-bond donors (Lipinski definition) is 1. The van der Waals surface area contributed by atoms with Gasteiger partial charge in [-0.3, -0.25) is 4.79 Å². The molecule has 0 saturated heterocycles. The fourth-order valence-electron chi connectivity index (χ4n) is 1.55. The largest absolute Gasteiger partial charge is 0.497 e. The molecule has 106 valence electrons. The molecule has 2 aromatic rings. The Hall–Kier alpha value is -2.09. The Morgan fingerprint density at radius 1 is 1.40 bits per heavy atom. The van der Waals surface area contributed by atoms with E-state index in [1.807, 2.05) is 24.3 Å². The van der Waals surface area contributed by atoms with Crippen molar-refractivity contribution in [3.05, 3.63) is 24.3 Å². The summed E-state index contributed by atoms with van der Waals surface area (Å²) >= 11 is 1.30. The van der Waals surface area contributed by atoms with Crippen LogP contribution in [-0.2, 0) is 4.79 Å². The van der Waals surface area contributed by atoms with E-state index in [4.69, 9.17) is 4.74 Å². The van der Waals surface area contributed by atoms with E-state index in [2.05, 4.69) is 20.8 Å². The number of carbonyl (C=O) groups is 1. The molecule has 2 rings (SSSR count). The SMILES string of the molecule is CNC(=O)[C@@H](C)Sc1nnnn1-c1ccc(OC)cc1. The number of hydrogen-bond acceptors (Lipinski definition) is 6. The predicted octanol–water partition coefficient (Wildman–Crippen LogP) is 0.897. The van der Waals surface area contributed by atoms with Gasteiger partial charge in [0, 0.05) is 7.05 Å². The molecular formula is C12H15N5O2S. The van der Waals surface area contributed by atoms with Crippen LogP contribution in [0.15, 0.2) is 29.4 Å². The lowest BCUT2D eigenvalue weighted by Gasteiger charge is -2.09. The quantitative estimate of drug-likeness (QED) is 0.825. The molecular weight excluding hydrogens is 278 g/mol. The molecule has 0 saturated carbocycles. The molecule has 7 nitrogen and oxygen atoms in total. The lowest BCUT2D eigenvalue weighted by molar-refractivity contribution is -0.119. The van der Waals surface area contributed by atoms with E-state index in [1.54, 1.807) is 25.8 Å². The molecule has 0 aliphatic heterocycles. The van der Waals surface area contributed by atoms with Gasteiger partial charge in [-0.2, -0.15) is 4.68 Å². The third-order valence-corrected chi connectivity index (χ3v) is 3.69. The second-order valence-corrected chi connectivity index (χ2v) is 5.25. The van der Waals surface area contributed by atoms with Gasteiger partial charge in [0.1, 0.15) is 5.75 Å². The highest BCUT2D eigenvalue weighted by Gasteiger charge is 2.18. The third-order valence-electron chi connectivity index (χ3n) is 2.66. The average molecular weight is 293 g/mol. The Bertz CT molecular complexity index is 584. The number of carbonyl (C=O) groups excluding carboxylic acids is 1. The summed E-state index contributed by atoms with van der Waals surface area (Å²) in [5.74, 6) is 0.689. The fraction of sp³-hybridized carbons (Fsp3) is 0.333. The number of nitrogens with one attached hydrogen (secondary N) is 1. The average Bonchev–Trinajstić information content (AvgIpc) is 2.94. The second kappa shape index (κ2) is 6.38. The van der Waals surface area contributed by atoms with Crippen molar-refractivity contribution in [1.82, 2.24) is 25.5 Å². The molecule has 20 heavy (non-hydrogen) atoms. The first-order valence-corrected chi connectivity index (χ1v) is 6.84. The molecule has 0 aliphatic rings. The number of methoxy groups -OCH3 is 1. The van der Waals surface area contributed by atoms with Gasteiger partial charge in [0.25, 0.3) is 0 Å². The summed E-state index contributed by atoms with van der Waals surface area (Å²) in [7, 11) is 3.21. The summed E-state index contributed by atoms with van der Waals surface area (Å²) in [4.78, 5) is 11.5. The Morgan fingerprint density at radius 2 is 2.10 bits per heavy atom. The van der Waals surface area contributed by atoms with Gasteiger partial charge >= 0.3 is 0 Å². The highest BCUT2D eigenvalue weighted by Crippen LogP contribution is 2.23. The minimum atomic E-state index is -0.275. The van der Waals surface area contributed by atoms with Crippen LogP contribution in [0.5, 0.6) is 5.75 Å². The van der Waals surface area contributed by atoms with Gasteiger partial charge < -0.3 is 10.1 Å². The molecule has 1 N–H and O–H groups in total. The summed E-state index contributed by atoms with van der Waals surface area (Å²) in [5, 5.41) is 14.4. The van der Waals surface area contributed by atoms with Crippen molar-refractivity contribution in [2.45, 2.75) is 17.3 Å². The van der Waals surface area contributed by atoms with E-state index in [9.17, 15) is 4.79 Å². The van der Waals surface area contributed by atoms with Crippen LogP contribution >= 0.6 is 11.8 Å². The first kappa shape index (κ1) is 14.3. The number of thioether (sulfide) groups is 1. The first-order chi connectivity index (χ1) is 9.65. The molecule has 1 atom stereocenters. The second-order valence-electron chi connectivity index (χ2n) is 3.95. The van der Waals surface area contributed by atoms with E-state index >= 15 is 0 Å². The number of amides is 1. The number of rotatable bonds is 5. The maximum absolute atomic E-state index is 11.5. The number of ether oxygens (including phenoxy) is 1. The lowest BCUT2D eigenvalue weighted by Crippen LogP contribution is -2.27. The zero-order valence-electron chi connectivity index (χ0n) is 11.4. The number of benzene rings is 1. The zero-order chi connectivity index (χ0) is 14.5. The minimum Gasteiger partial charge on any atom is -0.497 e. The van der Waals surface area contributed by atoms with Gasteiger partial charge in [0.15, 0.2) is 0 Å². The third kappa shape index (κ3) is 3.08. The number of nitrogens with zero attached hydrogens (tertiary/aromatic N) is 4. The van der Waals surface area contributed by atoms with Crippen molar-refractivity contribution in [2.75, 3.05) is 14.2 Å². The van der Waals surface area contributed by atoms with E-state index in [1.165, 1.54) is 11.8 Å². The molecule has 0 spiro atoms. The molecule has 0 fully saturated rings. The molecule has 1 amide bonds. The summed E-state index contributed by atoms with van der Waals surface area (Å²) in [6, 6.07) is 7.36. The summed E-state index contributed by atoms with van der Waals surface area (Å²) in [5.41, 5.74) is 0.808. The summed E-state index contributed by atoms with van der Waals surface area (Å²) < 4.78 is 6.70. The highest BCUT2D eigenvalue weighted by molar-refractivity contribution is 8.00. The van der Waals surface area contributed by atoms with Crippen molar-refractivity contribution in [1.29, 1.82) is 0 Å². The van der Waals surface area contributed by atoms with E-state index in [-0.39, 0.29) is 11.2 Å². The normalized spacial score (nSPS) is 11.9. The van der Waals surface area contributed by atoms with Crippen LogP contribution in [0, 0.1) is 0 Å². The fourth-order valence-corrected chi connectivity index (χ4v) is 2.42. The van der Waals surface area contributed by atoms with E-state index < -0.39 is 0 Å². The van der Waals surface area contributed by atoms with Gasteiger partial charge in [-0.15, -0.1) is 5.10 Å². The number of tetrazole rings is 1. The summed E-state index contributed by atoms with van der Waals surface area (Å²) in [6.07, 6.45) is 0. The smallest absolute Gasteiger partial charge is 0.233 e. The number of aromatic nitrogens is 4. The van der Waals surface area contributed by atoms with Crippen LogP contribution in [-0.4, -0.2) is 45.5 Å².